The smallest absolute Gasteiger partial charge is 0.225 e. The molecule has 1 aliphatic heterocycles. The highest BCUT2D eigenvalue weighted by molar-refractivity contribution is 6.30. The number of anilines is 2. The van der Waals surface area contributed by atoms with E-state index in [1.165, 1.54) is 12.1 Å². The second-order valence-electron chi connectivity index (χ2n) is 6.11. The van der Waals surface area contributed by atoms with Crippen LogP contribution in [0.15, 0.2) is 48.5 Å². The quantitative estimate of drug-likeness (QED) is 0.883. The number of rotatable bonds is 5. The van der Waals surface area contributed by atoms with Crippen LogP contribution in [0.2, 0.25) is 5.02 Å². The van der Waals surface area contributed by atoms with Crippen molar-refractivity contribution < 1.29 is 9.18 Å². The maximum Gasteiger partial charge on any atom is 0.225 e. The van der Waals surface area contributed by atoms with Gasteiger partial charge in [-0.05, 0) is 42.5 Å². The van der Waals surface area contributed by atoms with Crippen LogP contribution in [-0.4, -0.2) is 43.5 Å². The molecule has 25 heavy (non-hydrogen) atoms. The van der Waals surface area contributed by atoms with E-state index >= 15 is 0 Å². The van der Waals surface area contributed by atoms with Crippen molar-refractivity contribution in [3.8, 4) is 0 Å². The molecular formula is C19H21ClFN3O. The van der Waals surface area contributed by atoms with Gasteiger partial charge in [0, 0.05) is 55.5 Å². The molecule has 0 aliphatic carbocycles. The summed E-state index contributed by atoms with van der Waals surface area (Å²) >= 11 is 6.05. The Morgan fingerprint density at radius 2 is 1.80 bits per heavy atom. The van der Waals surface area contributed by atoms with Gasteiger partial charge in [-0.3, -0.25) is 9.69 Å². The fraction of sp³-hybridized carbons (Fsp3) is 0.316. The van der Waals surface area contributed by atoms with Gasteiger partial charge in [0.05, 0.1) is 0 Å². The zero-order valence-electron chi connectivity index (χ0n) is 13.9. The summed E-state index contributed by atoms with van der Waals surface area (Å²) in [6.45, 7) is 4.38. The third-order valence-corrected chi connectivity index (χ3v) is 4.56. The molecule has 0 saturated carbocycles. The minimum Gasteiger partial charge on any atom is -0.369 e. The average Bonchev–Trinajstić information content (AvgIpc) is 2.62. The van der Waals surface area contributed by atoms with Crippen molar-refractivity contribution in [2.24, 2.45) is 0 Å². The Morgan fingerprint density at radius 1 is 1.08 bits per heavy atom. The van der Waals surface area contributed by atoms with Crippen LogP contribution in [-0.2, 0) is 4.79 Å². The van der Waals surface area contributed by atoms with Gasteiger partial charge in [-0.15, -0.1) is 0 Å². The molecule has 1 amide bonds. The van der Waals surface area contributed by atoms with E-state index in [-0.39, 0.29) is 11.7 Å². The molecule has 4 nitrogen and oxygen atoms in total. The molecule has 132 valence electrons. The normalized spacial score (nSPS) is 15.2. The number of nitrogens with zero attached hydrogens (tertiary/aromatic N) is 2. The van der Waals surface area contributed by atoms with E-state index < -0.39 is 0 Å². The van der Waals surface area contributed by atoms with Crippen LogP contribution in [0, 0.1) is 5.82 Å². The SMILES string of the molecule is O=C(CCN1CCN(c2cccc(Cl)c2)CC1)Nc1ccc(F)cc1. The van der Waals surface area contributed by atoms with Crippen molar-refractivity contribution in [1.82, 2.24) is 4.90 Å². The molecule has 0 bridgehead atoms. The van der Waals surface area contributed by atoms with Gasteiger partial charge in [0.2, 0.25) is 5.91 Å². The average molecular weight is 362 g/mol. The zero-order valence-corrected chi connectivity index (χ0v) is 14.7. The second-order valence-corrected chi connectivity index (χ2v) is 6.55. The zero-order chi connectivity index (χ0) is 17.6. The van der Waals surface area contributed by atoms with Crippen LogP contribution in [0.3, 0.4) is 0 Å². The minimum atomic E-state index is -0.310. The number of halogens is 2. The van der Waals surface area contributed by atoms with Gasteiger partial charge in [-0.25, -0.2) is 4.39 Å². The molecule has 0 aromatic heterocycles. The number of amides is 1. The van der Waals surface area contributed by atoms with Crippen molar-refractivity contribution in [2.75, 3.05) is 42.9 Å². The molecular weight excluding hydrogens is 341 g/mol. The lowest BCUT2D eigenvalue weighted by Gasteiger charge is -2.36. The van der Waals surface area contributed by atoms with Gasteiger partial charge in [-0.2, -0.15) is 0 Å². The van der Waals surface area contributed by atoms with Gasteiger partial charge in [0.15, 0.2) is 0 Å². The molecule has 0 unspecified atom stereocenters. The molecule has 1 N–H and O–H groups in total. The number of piperazine rings is 1. The lowest BCUT2D eigenvalue weighted by molar-refractivity contribution is -0.116. The molecule has 1 heterocycles. The topological polar surface area (TPSA) is 35.6 Å². The molecule has 1 saturated heterocycles. The summed E-state index contributed by atoms with van der Waals surface area (Å²) in [5.41, 5.74) is 1.76. The van der Waals surface area contributed by atoms with E-state index in [0.717, 1.165) is 43.4 Å². The van der Waals surface area contributed by atoms with E-state index in [1.54, 1.807) is 12.1 Å². The molecule has 2 aromatic rings. The first-order valence-corrected chi connectivity index (χ1v) is 8.76. The summed E-state index contributed by atoms with van der Waals surface area (Å²) in [7, 11) is 0. The maximum atomic E-state index is 12.9. The predicted octanol–water partition coefficient (Wildman–Crippen LogP) is 3.63. The predicted molar refractivity (Wildman–Crippen MR) is 99.8 cm³/mol. The van der Waals surface area contributed by atoms with Crippen molar-refractivity contribution in [3.05, 3.63) is 59.4 Å². The molecule has 3 rings (SSSR count). The summed E-state index contributed by atoms with van der Waals surface area (Å²) < 4.78 is 12.9. The van der Waals surface area contributed by atoms with E-state index in [9.17, 15) is 9.18 Å². The molecule has 0 spiro atoms. The van der Waals surface area contributed by atoms with Gasteiger partial charge < -0.3 is 10.2 Å². The molecule has 1 fully saturated rings. The second kappa shape index (κ2) is 8.32. The van der Waals surface area contributed by atoms with Crippen molar-refractivity contribution >= 4 is 28.9 Å². The Morgan fingerprint density at radius 3 is 2.48 bits per heavy atom. The Balaban J connectivity index is 1.41. The van der Waals surface area contributed by atoms with Crippen LogP contribution >= 0.6 is 11.6 Å². The highest BCUT2D eigenvalue weighted by Crippen LogP contribution is 2.20. The lowest BCUT2D eigenvalue weighted by Crippen LogP contribution is -2.47. The first-order chi connectivity index (χ1) is 12.1. The van der Waals surface area contributed by atoms with Crippen LogP contribution in [0.4, 0.5) is 15.8 Å². The molecule has 0 radical (unpaired) electrons. The van der Waals surface area contributed by atoms with Crippen molar-refractivity contribution in [3.63, 3.8) is 0 Å². The maximum absolute atomic E-state index is 12.9. The van der Waals surface area contributed by atoms with Gasteiger partial charge in [0.25, 0.3) is 0 Å². The highest BCUT2D eigenvalue weighted by Gasteiger charge is 2.18. The summed E-state index contributed by atoms with van der Waals surface area (Å²) in [6.07, 6.45) is 0.425. The van der Waals surface area contributed by atoms with E-state index in [4.69, 9.17) is 11.6 Å². The lowest BCUT2D eigenvalue weighted by atomic mass is 10.2. The van der Waals surface area contributed by atoms with Crippen LogP contribution in [0.5, 0.6) is 0 Å². The van der Waals surface area contributed by atoms with Crippen molar-refractivity contribution in [2.45, 2.75) is 6.42 Å². The third-order valence-electron chi connectivity index (χ3n) is 4.33. The number of benzene rings is 2. The Kier molecular flexibility index (Phi) is 5.89. The first-order valence-electron chi connectivity index (χ1n) is 8.38. The van der Waals surface area contributed by atoms with E-state index in [2.05, 4.69) is 21.2 Å². The summed E-state index contributed by atoms with van der Waals surface area (Å²) in [5.74, 6) is -0.362. The molecule has 0 atom stereocenters. The van der Waals surface area contributed by atoms with Crippen LogP contribution < -0.4 is 10.2 Å². The number of nitrogens with one attached hydrogen (secondary N) is 1. The number of carbonyl (C=O) groups excluding carboxylic acids is 1. The van der Waals surface area contributed by atoms with Gasteiger partial charge in [-0.1, -0.05) is 17.7 Å². The summed E-state index contributed by atoms with van der Waals surface area (Å²) in [6, 6.07) is 13.7. The number of carbonyl (C=O) groups is 1. The largest absolute Gasteiger partial charge is 0.369 e. The fourth-order valence-electron chi connectivity index (χ4n) is 2.92. The summed E-state index contributed by atoms with van der Waals surface area (Å²) in [4.78, 5) is 16.6. The number of hydrogen-bond acceptors (Lipinski definition) is 3. The Labute approximate surface area is 152 Å². The van der Waals surface area contributed by atoms with Gasteiger partial charge >= 0.3 is 0 Å². The number of hydrogen-bond donors (Lipinski definition) is 1. The van der Waals surface area contributed by atoms with Crippen LogP contribution in [0.25, 0.3) is 0 Å². The third kappa shape index (κ3) is 5.18. The first kappa shape index (κ1) is 17.7. The molecule has 6 heteroatoms. The standard InChI is InChI=1S/C19H21ClFN3O/c20-15-2-1-3-18(14-15)24-12-10-23(11-13-24)9-8-19(25)22-17-6-4-16(21)5-7-17/h1-7,14H,8-13H2,(H,22,25). The molecule has 1 aliphatic rings. The van der Waals surface area contributed by atoms with E-state index in [1.807, 2.05) is 18.2 Å². The Bertz CT molecular complexity index is 715. The fourth-order valence-corrected chi connectivity index (χ4v) is 3.10. The Hall–Kier alpha value is -2.11. The van der Waals surface area contributed by atoms with Crippen molar-refractivity contribution in [1.29, 1.82) is 0 Å². The highest BCUT2D eigenvalue weighted by atomic mass is 35.5. The summed E-state index contributed by atoms with van der Waals surface area (Å²) in [5, 5.41) is 3.54. The van der Waals surface area contributed by atoms with Gasteiger partial charge in [0.1, 0.15) is 5.82 Å². The minimum absolute atomic E-state index is 0.0520. The van der Waals surface area contributed by atoms with Crippen LogP contribution in [0.1, 0.15) is 6.42 Å². The molecule has 2 aromatic carbocycles. The monoisotopic (exact) mass is 361 g/mol. The van der Waals surface area contributed by atoms with E-state index in [0.29, 0.717) is 12.1 Å².